The first-order valence-electron chi connectivity index (χ1n) is 33.6. The molecule has 0 saturated carbocycles. The van der Waals surface area contributed by atoms with Crippen molar-refractivity contribution in [3.8, 4) is 69.6 Å². The molecule has 2 amide bonds. The van der Waals surface area contributed by atoms with Crippen LogP contribution < -0.4 is 48.5 Å². The molecule has 22 nitrogen and oxygen atoms in total. The molecule has 6 aromatic rings. The second-order valence-corrected chi connectivity index (χ2v) is 27.1. The van der Waals surface area contributed by atoms with E-state index < -0.39 is 95.6 Å². The second-order valence-electron chi connectivity index (χ2n) is 27.1. The molecule has 544 valence electrons. The highest BCUT2D eigenvalue weighted by Crippen LogP contribution is 2.61. The Kier molecular flexibility index (Phi) is 19.1. The molecule has 8 aliphatic rings. The highest BCUT2D eigenvalue weighted by molar-refractivity contribution is 5.92. The van der Waals surface area contributed by atoms with Gasteiger partial charge in [-0.1, -0.05) is 36.4 Å². The number of hydrogen-bond donors (Lipinski definition) is 4. The lowest BCUT2D eigenvalue weighted by atomic mass is 9.71. The molecule has 8 heterocycles. The Labute approximate surface area is 594 Å². The number of nitriles is 2. The molecule has 6 aromatic carbocycles. The van der Waals surface area contributed by atoms with Gasteiger partial charge in [-0.25, -0.2) is 0 Å². The molecule has 28 heteroatoms. The van der Waals surface area contributed by atoms with Crippen molar-refractivity contribution in [2.45, 2.75) is 140 Å². The number of halogens is 6. The summed E-state index contributed by atoms with van der Waals surface area (Å²) in [6.45, 7) is 9.56. The molecule has 8 aliphatic heterocycles. The van der Waals surface area contributed by atoms with Gasteiger partial charge >= 0.3 is 24.3 Å². The predicted octanol–water partition coefficient (Wildman–Crippen LogP) is 10.6. The van der Waals surface area contributed by atoms with Gasteiger partial charge in [0, 0.05) is 108 Å². The van der Waals surface area contributed by atoms with Crippen molar-refractivity contribution in [2.75, 3.05) is 55.0 Å². The zero-order valence-corrected chi connectivity index (χ0v) is 58.3. The van der Waals surface area contributed by atoms with Crippen LogP contribution in [0.4, 0.5) is 26.3 Å². The van der Waals surface area contributed by atoms with Crippen LogP contribution in [0.5, 0.6) is 57.5 Å². The number of benzene rings is 6. The molecule has 2 saturated heterocycles. The highest BCUT2D eigenvalue weighted by atomic mass is 19.4. The number of aryl methyl sites for hydroxylation is 2. The normalized spacial score (nSPS) is 23.3. The number of nitrogens with one attached hydrogen (secondary N) is 2. The van der Waals surface area contributed by atoms with Crippen molar-refractivity contribution < 1.29 is 93.6 Å². The van der Waals surface area contributed by atoms with Crippen LogP contribution in [0.2, 0.25) is 0 Å². The lowest BCUT2D eigenvalue weighted by Crippen LogP contribution is -2.68. The lowest BCUT2D eigenvalue weighted by Gasteiger charge is -2.60. The fraction of sp³-hybridized carbons (Fsp3) is 0.395. The third-order valence-electron chi connectivity index (χ3n) is 21.2. The maximum atomic E-state index is 13.3. The van der Waals surface area contributed by atoms with E-state index in [0.29, 0.717) is 103 Å². The van der Waals surface area contributed by atoms with E-state index in [-0.39, 0.29) is 74.2 Å². The van der Waals surface area contributed by atoms with Gasteiger partial charge in [-0.2, -0.15) is 36.9 Å². The summed E-state index contributed by atoms with van der Waals surface area (Å²) in [5.74, 6) is 0.700. The number of carbonyl (C=O) groups is 4. The molecule has 104 heavy (non-hydrogen) atoms. The SMILES string of the molecule is COc1c(C)cc2c(c1O)[C@@H]1C3Cc4c(OC(C)=O)c(C)c5c(c4[C@H](CNC(=O)/C=C/c4cccc(C(F)(F)F)c4)N3[C@@H](C#N)[C@H](C2)N1C)OCO5.COc1c(C)cc2c(c1O)[C@@H]1C3Cc4c(OC(C)=O)c(C)c5c(c4[C@H](CNC(=O)/C=C/c4cccc(C(F)(F)F)c4)N3[C@@H](C#N)[C@H](C2)N1C)OCO5. The Balaban J connectivity index is 0.000000185. The summed E-state index contributed by atoms with van der Waals surface area (Å²) in [5, 5.41) is 50.9. The predicted molar refractivity (Wildman–Crippen MR) is 362 cm³/mol. The number of alkyl halides is 6. The van der Waals surface area contributed by atoms with E-state index in [1.807, 2.05) is 40.1 Å². The number of amides is 2. The van der Waals surface area contributed by atoms with Gasteiger partial charge in [-0.3, -0.25) is 38.8 Å². The van der Waals surface area contributed by atoms with E-state index in [4.69, 9.17) is 37.9 Å². The maximum Gasteiger partial charge on any atom is 0.416 e. The van der Waals surface area contributed by atoms with E-state index in [1.165, 1.54) is 64.5 Å². The Morgan fingerprint density at radius 3 is 1.28 bits per heavy atom. The molecule has 4 bridgehead atoms. The van der Waals surface area contributed by atoms with Gasteiger partial charge in [0.25, 0.3) is 0 Å². The van der Waals surface area contributed by atoms with E-state index in [0.717, 1.165) is 58.7 Å². The van der Waals surface area contributed by atoms with Crippen LogP contribution in [0, 0.1) is 50.4 Å². The highest BCUT2D eigenvalue weighted by Gasteiger charge is 2.59. The Morgan fingerprint density at radius 2 is 0.933 bits per heavy atom. The second kappa shape index (κ2) is 27.6. The minimum Gasteiger partial charge on any atom is -0.504 e. The van der Waals surface area contributed by atoms with Crippen molar-refractivity contribution in [1.82, 2.24) is 30.2 Å². The molecule has 0 aliphatic carbocycles. The Bertz CT molecular complexity index is 4410. The summed E-state index contributed by atoms with van der Waals surface area (Å²) < 4.78 is 127. The Hall–Kier alpha value is -10.5. The van der Waals surface area contributed by atoms with Crippen molar-refractivity contribution in [3.63, 3.8) is 0 Å². The molecule has 0 aromatic heterocycles. The fourth-order valence-corrected chi connectivity index (χ4v) is 17.1. The summed E-state index contributed by atoms with van der Waals surface area (Å²) in [5.41, 5.74) is 7.01. The van der Waals surface area contributed by atoms with Gasteiger partial charge in [0.05, 0.1) is 61.7 Å². The molecule has 0 spiro atoms. The summed E-state index contributed by atoms with van der Waals surface area (Å²) in [7, 11) is 6.84. The number of piperazine rings is 2. The number of hydrogen-bond acceptors (Lipinski definition) is 20. The topological polar surface area (TPSA) is 267 Å². The van der Waals surface area contributed by atoms with Crippen molar-refractivity contribution in [1.29, 1.82) is 10.5 Å². The molecule has 14 rings (SSSR count). The summed E-state index contributed by atoms with van der Waals surface area (Å²) in [6, 6.07) is 13.0. The largest absolute Gasteiger partial charge is 0.504 e. The fourth-order valence-electron chi connectivity index (χ4n) is 17.1. The summed E-state index contributed by atoms with van der Waals surface area (Å²) in [6.07, 6.45) is -2.69. The van der Waals surface area contributed by atoms with E-state index in [2.05, 4.69) is 42.4 Å². The minimum atomic E-state index is -4.54. The lowest BCUT2D eigenvalue weighted by molar-refractivity contribution is -0.138. The smallest absolute Gasteiger partial charge is 0.416 e. The quantitative estimate of drug-likeness (QED) is 0.0384. The van der Waals surface area contributed by atoms with Gasteiger partial charge in [0.15, 0.2) is 46.0 Å². The number of phenolic OH excluding ortho intramolecular Hbond substituents is 2. The van der Waals surface area contributed by atoms with E-state index in [9.17, 15) is 66.3 Å². The monoisotopic (exact) mass is 1440 g/mol. The molecule has 2 fully saturated rings. The third-order valence-corrected chi connectivity index (χ3v) is 21.2. The summed E-state index contributed by atoms with van der Waals surface area (Å²) >= 11 is 0. The number of carbonyl (C=O) groups excluding carboxylic acids is 4. The van der Waals surface area contributed by atoms with Crippen molar-refractivity contribution >= 4 is 35.9 Å². The molecule has 0 radical (unpaired) electrons. The zero-order valence-electron chi connectivity index (χ0n) is 58.3. The number of aromatic hydroxyl groups is 2. The Morgan fingerprint density at radius 1 is 0.558 bits per heavy atom. The number of phenols is 2. The summed E-state index contributed by atoms with van der Waals surface area (Å²) in [4.78, 5) is 60.0. The van der Waals surface area contributed by atoms with Gasteiger partial charge < -0.3 is 58.7 Å². The number of ether oxygens (including phenoxy) is 8. The first-order valence-corrected chi connectivity index (χ1v) is 33.6. The van der Waals surface area contributed by atoms with Gasteiger partial charge in [0.2, 0.25) is 25.4 Å². The van der Waals surface area contributed by atoms with Crippen LogP contribution in [0.25, 0.3) is 12.2 Å². The number of nitrogens with zero attached hydrogens (tertiary/aromatic N) is 6. The van der Waals surface area contributed by atoms with Crippen LogP contribution in [0.1, 0.15) is 127 Å². The van der Waals surface area contributed by atoms with Crippen LogP contribution >= 0.6 is 0 Å². The average Bonchev–Trinajstić information content (AvgIpc) is 0.920. The number of likely N-dealkylation sites (N-methyl/N-ethyl adjacent to an activating group) is 2. The first kappa shape index (κ1) is 71.9. The van der Waals surface area contributed by atoms with Gasteiger partial charge in [-0.15, -0.1) is 0 Å². The van der Waals surface area contributed by atoms with Crippen molar-refractivity contribution in [2.24, 2.45) is 0 Å². The maximum absolute atomic E-state index is 13.3. The molecule has 4 N–H and O–H groups in total. The van der Waals surface area contributed by atoms with Gasteiger partial charge in [0.1, 0.15) is 23.6 Å². The molecular formula is C76H74F6N8O14. The molecule has 2 unspecified atom stereocenters. The number of esters is 2. The first-order chi connectivity index (χ1) is 49.5. The van der Waals surface area contributed by atoms with Crippen LogP contribution in [0.3, 0.4) is 0 Å². The zero-order chi connectivity index (χ0) is 74.4. The van der Waals surface area contributed by atoms with Crippen LogP contribution in [0.15, 0.2) is 72.8 Å². The number of fused-ring (bicyclic) bond motifs is 18. The number of methoxy groups -OCH3 is 2. The van der Waals surface area contributed by atoms with Gasteiger partial charge in [-0.05, 0) is 137 Å². The van der Waals surface area contributed by atoms with E-state index >= 15 is 0 Å². The van der Waals surface area contributed by atoms with Crippen molar-refractivity contribution in [3.05, 3.63) is 162 Å². The number of rotatable bonds is 12. The standard InChI is InChI=1S/2C38H37F3N4O7/c2*1-18-11-22-13-25-27(15-42)45-26(32(44(25)4)30(22)33(48)34(18)49-5)14-24-31(37-36(50-17-51-37)19(2)35(24)52-20(3)46)28(45)16-43-29(47)10-9-21-7-6-8-23(12-21)38(39,40)41/h2*6-12,25-28,32,48H,13-14,16-17H2,1-5H3,(H,43,47)/b2*10-9+/t2*25-,26?,27-,28-,32-/m00/s1. The average molecular weight is 1440 g/mol. The van der Waals surface area contributed by atoms with E-state index in [1.54, 1.807) is 13.8 Å². The third kappa shape index (κ3) is 12.4. The molecular weight excluding hydrogens is 1360 g/mol. The van der Waals surface area contributed by atoms with Crippen LogP contribution in [-0.4, -0.2) is 145 Å². The van der Waals surface area contributed by atoms with Crippen LogP contribution in [-0.2, 0) is 57.2 Å². The molecule has 10 atom stereocenters. The minimum absolute atomic E-state index is 0.0145.